The van der Waals surface area contributed by atoms with Gasteiger partial charge in [-0.2, -0.15) is 0 Å². The molecule has 0 saturated heterocycles. The molecule has 0 amide bonds. The smallest absolute Gasteiger partial charge is 0.0413 e. The Morgan fingerprint density at radius 2 is 1.89 bits per heavy atom. The summed E-state index contributed by atoms with van der Waals surface area (Å²) in [7, 11) is 0. The largest absolute Gasteiger partial charge is 0.324 e. The molecular formula is C15H17BrN2. The van der Waals surface area contributed by atoms with E-state index in [4.69, 9.17) is 5.73 Å². The number of aryl methyl sites for hydroxylation is 1. The van der Waals surface area contributed by atoms with Crippen molar-refractivity contribution in [3.8, 4) is 0 Å². The molecule has 2 N–H and O–H groups in total. The lowest BCUT2D eigenvalue weighted by atomic mass is 10.0. The topological polar surface area (TPSA) is 38.9 Å². The van der Waals surface area contributed by atoms with Gasteiger partial charge in [0.15, 0.2) is 0 Å². The second-order valence-electron chi connectivity index (χ2n) is 4.38. The molecule has 2 rings (SSSR count). The van der Waals surface area contributed by atoms with Crippen molar-refractivity contribution in [2.45, 2.75) is 25.3 Å². The summed E-state index contributed by atoms with van der Waals surface area (Å²) in [6, 6.07) is 14.5. The first-order valence-electron chi connectivity index (χ1n) is 6.16. The first kappa shape index (κ1) is 13.2. The van der Waals surface area contributed by atoms with Gasteiger partial charge in [-0.3, -0.25) is 4.98 Å². The van der Waals surface area contributed by atoms with E-state index in [2.05, 4.69) is 39.1 Å². The van der Waals surface area contributed by atoms with Crippen molar-refractivity contribution in [2.75, 3.05) is 0 Å². The highest BCUT2D eigenvalue weighted by Crippen LogP contribution is 2.17. The van der Waals surface area contributed by atoms with Crippen LogP contribution in [-0.4, -0.2) is 4.98 Å². The van der Waals surface area contributed by atoms with Gasteiger partial charge in [0, 0.05) is 22.4 Å². The van der Waals surface area contributed by atoms with Gasteiger partial charge in [0.1, 0.15) is 0 Å². The molecule has 0 aliphatic heterocycles. The third-order valence-corrected chi connectivity index (χ3v) is 3.43. The lowest BCUT2D eigenvalue weighted by molar-refractivity contribution is 0.607. The highest BCUT2D eigenvalue weighted by Gasteiger charge is 2.05. The molecule has 0 saturated carbocycles. The molecule has 0 aliphatic rings. The predicted octanol–water partition coefficient (Wildman–Crippen LogP) is 3.87. The molecule has 0 fully saturated rings. The highest BCUT2D eigenvalue weighted by atomic mass is 79.9. The van der Waals surface area contributed by atoms with Crippen LogP contribution < -0.4 is 5.73 Å². The lowest BCUT2D eigenvalue weighted by Gasteiger charge is -2.11. The Morgan fingerprint density at radius 3 is 2.56 bits per heavy atom. The van der Waals surface area contributed by atoms with Gasteiger partial charge in [0.2, 0.25) is 0 Å². The second kappa shape index (κ2) is 6.66. The van der Waals surface area contributed by atoms with E-state index in [0.29, 0.717) is 0 Å². The minimum Gasteiger partial charge on any atom is -0.324 e. The Labute approximate surface area is 116 Å². The van der Waals surface area contributed by atoms with Crippen LogP contribution in [0.25, 0.3) is 0 Å². The molecule has 1 unspecified atom stereocenters. The number of hydrogen-bond donors (Lipinski definition) is 1. The zero-order valence-electron chi connectivity index (χ0n) is 10.2. The lowest BCUT2D eigenvalue weighted by Crippen LogP contribution is -2.10. The summed E-state index contributed by atoms with van der Waals surface area (Å²) < 4.78 is 1.02. The van der Waals surface area contributed by atoms with Crippen LogP contribution in [0.5, 0.6) is 0 Å². The van der Waals surface area contributed by atoms with Crippen molar-refractivity contribution < 1.29 is 0 Å². The molecule has 2 aromatic rings. The molecule has 0 radical (unpaired) electrons. The maximum atomic E-state index is 6.16. The van der Waals surface area contributed by atoms with Crippen LogP contribution in [0.15, 0.2) is 53.1 Å². The number of hydrogen-bond acceptors (Lipinski definition) is 2. The average Bonchev–Trinajstić information content (AvgIpc) is 2.42. The van der Waals surface area contributed by atoms with Crippen molar-refractivity contribution in [1.29, 1.82) is 0 Å². The van der Waals surface area contributed by atoms with Gasteiger partial charge in [-0.1, -0.05) is 30.3 Å². The molecule has 2 nitrogen and oxygen atoms in total. The molecule has 3 heteroatoms. The molecule has 18 heavy (non-hydrogen) atoms. The minimum absolute atomic E-state index is 0.127. The monoisotopic (exact) mass is 304 g/mol. The number of nitrogens with two attached hydrogens (primary N) is 1. The van der Waals surface area contributed by atoms with Gasteiger partial charge >= 0.3 is 0 Å². The van der Waals surface area contributed by atoms with Gasteiger partial charge < -0.3 is 5.73 Å². The van der Waals surface area contributed by atoms with Crippen molar-refractivity contribution in [3.63, 3.8) is 0 Å². The van der Waals surface area contributed by atoms with E-state index in [1.807, 2.05) is 30.5 Å². The van der Waals surface area contributed by atoms with Gasteiger partial charge in [0.25, 0.3) is 0 Å². The second-order valence-corrected chi connectivity index (χ2v) is 5.29. The summed E-state index contributed by atoms with van der Waals surface area (Å²) >= 11 is 3.38. The van der Waals surface area contributed by atoms with Crippen LogP contribution in [0.2, 0.25) is 0 Å². The van der Waals surface area contributed by atoms with Crippen molar-refractivity contribution >= 4 is 15.9 Å². The minimum atomic E-state index is 0.127. The fraction of sp³-hybridized carbons (Fsp3) is 0.267. The molecule has 0 bridgehead atoms. The summed E-state index contributed by atoms with van der Waals surface area (Å²) in [5.41, 5.74) is 8.49. The molecule has 0 aliphatic carbocycles. The Morgan fingerprint density at radius 1 is 1.11 bits per heavy atom. The summed E-state index contributed by atoms with van der Waals surface area (Å²) in [5, 5.41) is 0. The van der Waals surface area contributed by atoms with Crippen LogP contribution in [-0.2, 0) is 6.42 Å². The third kappa shape index (κ3) is 3.93. The molecule has 94 valence electrons. The van der Waals surface area contributed by atoms with E-state index in [-0.39, 0.29) is 6.04 Å². The zero-order valence-corrected chi connectivity index (χ0v) is 11.8. The fourth-order valence-corrected chi connectivity index (χ4v) is 2.16. The van der Waals surface area contributed by atoms with Gasteiger partial charge in [-0.25, -0.2) is 0 Å². The SMILES string of the molecule is NC(CCCc1ccc(Br)cn1)c1ccccc1. The van der Waals surface area contributed by atoms with E-state index in [9.17, 15) is 0 Å². The van der Waals surface area contributed by atoms with Crippen molar-refractivity contribution in [1.82, 2.24) is 4.98 Å². The molecular weight excluding hydrogens is 288 g/mol. The molecule has 1 aromatic heterocycles. The normalized spacial score (nSPS) is 12.3. The number of aromatic nitrogens is 1. The average molecular weight is 305 g/mol. The Hall–Kier alpha value is -1.19. The summed E-state index contributed by atoms with van der Waals surface area (Å²) in [5.74, 6) is 0. The van der Waals surface area contributed by atoms with E-state index >= 15 is 0 Å². The first-order chi connectivity index (χ1) is 8.75. The van der Waals surface area contributed by atoms with Gasteiger partial charge in [0.05, 0.1) is 0 Å². The quantitative estimate of drug-likeness (QED) is 0.911. The predicted molar refractivity (Wildman–Crippen MR) is 78.2 cm³/mol. The summed E-state index contributed by atoms with van der Waals surface area (Å²) in [6.45, 7) is 0. The zero-order chi connectivity index (χ0) is 12.8. The van der Waals surface area contributed by atoms with Gasteiger partial charge in [-0.15, -0.1) is 0 Å². The van der Waals surface area contributed by atoms with Gasteiger partial charge in [-0.05, 0) is 52.9 Å². The fourth-order valence-electron chi connectivity index (χ4n) is 1.92. The molecule has 1 heterocycles. The number of benzene rings is 1. The van der Waals surface area contributed by atoms with Crippen LogP contribution in [0, 0.1) is 0 Å². The summed E-state index contributed by atoms with van der Waals surface area (Å²) in [4.78, 5) is 4.36. The number of nitrogens with zero attached hydrogens (tertiary/aromatic N) is 1. The standard InChI is InChI=1S/C15H17BrN2/c16-13-9-10-14(18-11-13)7-4-8-15(17)12-5-2-1-3-6-12/h1-3,5-6,9-11,15H,4,7-8,17H2. The van der Waals surface area contributed by atoms with Crippen LogP contribution in [0.4, 0.5) is 0 Å². The molecule has 1 aromatic carbocycles. The molecule has 0 spiro atoms. The number of pyridine rings is 1. The van der Waals surface area contributed by atoms with Crippen LogP contribution in [0.1, 0.15) is 30.1 Å². The Bertz CT molecular complexity index is 468. The maximum Gasteiger partial charge on any atom is 0.0413 e. The summed E-state index contributed by atoms with van der Waals surface area (Å²) in [6.07, 6.45) is 4.87. The van der Waals surface area contributed by atoms with E-state index < -0.39 is 0 Å². The maximum absolute atomic E-state index is 6.16. The van der Waals surface area contributed by atoms with E-state index in [0.717, 1.165) is 29.4 Å². The van der Waals surface area contributed by atoms with E-state index in [1.165, 1.54) is 5.56 Å². The first-order valence-corrected chi connectivity index (χ1v) is 6.96. The third-order valence-electron chi connectivity index (χ3n) is 2.96. The number of halogens is 1. The Kier molecular flexibility index (Phi) is 4.90. The van der Waals surface area contributed by atoms with E-state index in [1.54, 1.807) is 0 Å². The Balaban J connectivity index is 1.80. The van der Waals surface area contributed by atoms with Crippen LogP contribution >= 0.6 is 15.9 Å². The van der Waals surface area contributed by atoms with Crippen molar-refractivity contribution in [2.24, 2.45) is 5.73 Å². The van der Waals surface area contributed by atoms with Crippen molar-refractivity contribution in [3.05, 3.63) is 64.4 Å². The van der Waals surface area contributed by atoms with Crippen LogP contribution in [0.3, 0.4) is 0 Å². The molecule has 1 atom stereocenters. The highest BCUT2D eigenvalue weighted by molar-refractivity contribution is 9.10. The number of rotatable bonds is 5.